The van der Waals surface area contributed by atoms with Crippen LogP contribution in [0.3, 0.4) is 0 Å². The third-order valence-corrected chi connectivity index (χ3v) is 4.67. The molecule has 2 aromatic carbocycles. The van der Waals surface area contributed by atoms with Gasteiger partial charge in [-0.15, -0.1) is 0 Å². The molecule has 1 aliphatic heterocycles. The highest BCUT2D eigenvalue weighted by atomic mass is 19.1. The molecule has 2 amide bonds. The lowest BCUT2D eigenvalue weighted by Gasteiger charge is -2.14. The fourth-order valence-corrected chi connectivity index (χ4v) is 3.06. The van der Waals surface area contributed by atoms with Crippen LogP contribution in [0.1, 0.15) is 30.9 Å². The molecule has 2 aromatic rings. The predicted octanol–water partition coefficient (Wildman–Crippen LogP) is 3.79. The molecule has 1 aliphatic rings. The van der Waals surface area contributed by atoms with E-state index in [1.807, 2.05) is 24.3 Å². The quantitative estimate of drug-likeness (QED) is 0.741. The van der Waals surface area contributed by atoms with Crippen molar-refractivity contribution in [3.05, 3.63) is 71.2 Å². The molecule has 0 unspecified atom stereocenters. The van der Waals surface area contributed by atoms with Crippen LogP contribution >= 0.6 is 0 Å². The zero-order chi connectivity index (χ0) is 20.3. The molecule has 28 heavy (non-hydrogen) atoms. The highest BCUT2D eigenvalue weighted by Crippen LogP contribution is 2.30. The normalized spacial score (nSPS) is 14.4. The van der Waals surface area contributed by atoms with E-state index in [2.05, 4.69) is 19.2 Å². The van der Waals surface area contributed by atoms with E-state index in [0.717, 1.165) is 4.90 Å². The van der Waals surface area contributed by atoms with Gasteiger partial charge in [0.1, 0.15) is 11.5 Å². The second-order valence-corrected chi connectivity index (χ2v) is 6.91. The van der Waals surface area contributed by atoms with Crippen LogP contribution in [0.5, 0.6) is 0 Å². The predicted molar refractivity (Wildman–Crippen MR) is 106 cm³/mol. The third-order valence-electron chi connectivity index (χ3n) is 4.67. The zero-order valence-electron chi connectivity index (χ0n) is 16.2. The molecular weight excluding hydrogens is 359 g/mol. The molecule has 0 aliphatic carbocycles. The molecule has 0 saturated heterocycles. The lowest BCUT2D eigenvalue weighted by atomic mass is 10.0. The Morgan fingerprint density at radius 3 is 2.21 bits per heavy atom. The molecule has 0 spiro atoms. The zero-order valence-corrected chi connectivity index (χ0v) is 16.2. The van der Waals surface area contributed by atoms with Gasteiger partial charge < -0.3 is 10.1 Å². The van der Waals surface area contributed by atoms with Crippen molar-refractivity contribution >= 4 is 23.1 Å². The number of hydrogen-bond acceptors (Lipinski definition) is 4. The number of nitrogens with one attached hydrogen (secondary N) is 1. The number of amides is 2. The van der Waals surface area contributed by atoms with Crippen LogP contribution in [0.2, 0.25) is 0 Å². The summed E-state index contributed by atoms with van der Waals surface area (Å²) in [5, 5.41) is 3.09. The number of carbonyl (C=O) groups is 2. The van der Waals surface area contributed by atoms with Crippen molar-refractivity contribution in [2.45, 2.75) is 19.8 Å². The van der Waals surface area contributed by atoms with Crippen molar-refractivity contribution in [1.82, 2.24) is 4.90 Å². The largest absolute Gasteiger partial charge is 0.383 e. The van der Waals surface area contributed by atoms with E-state index in [-0.39, 0.29) is 24.4 Å². The second-order valence-electron chi connectivity index (χ2n) is 6.91. The fraction of sp³-hybridized carbons (Fsp3) is 0.273. The first-order chi connectivity index (χ1) is 13.4. The molecule has 6 heteroatoms. The monoisotopic (exact) mass is 382 g/mol. The number of rotatable bonds is 7. The topological polar surface area (TPSA) is 58.6 Å². The smallest absolute Gasteiger partial charge is 0.278 e. The van der Waals surface area contributed by atoms with Crippen LogP contribution in [-0.2, 0) is 14.3 Å². The van der Waals surface area contributed by atoms with Gasteiger partial charge in [0.25, 0.3) is 11.8 Å². The van der Waals surface area contributed by atoms with E-state index in [0.29, 0.717) is 17.2 Å². The van der Waals surface area contributed by atoms with Crippen molar-refractivity contribution in [3.8, 4) is 0 Å². The molecule has 0 aromatic heterocycles. The second kappa shape index (κ2) is 8.35. The highest BCUT2D eigenvalue weighted by molar-refractivity contribution is 6.36. The maximum Gasteiger partial charge on any atom is 0.278 e. The Morgan fingerprint density at radius 2 is 1.64 bits per heavy atom. The Bertz CT molecular complexity index is 902. The van der Waals surface area contributed by atoms with Gasteiger partial charge in [0.2, 0.25) is 0 Å². The third kappa shape index (κ3) is 3.97. The SMILES string of the molecule is COCCN1C(=O)C(Nc2ccc(C(C)C)cc2)=C(c2ccc(F)cc2)C1=O. The minimum Gasteiger partial charge on any atom is -0.383 e. The van der Waals surface area contributed by atoms with Gasteiger partial charge in [0.05, 0.1) is 18.7 Å². The molecule has 0 fully saturated rings. The van der Waals surface area contributed by atoms with E-state index < -0.39 is 17.6 Å². The van der Waals surface area contributed by atoms with Gasteiger partial charge in [-0.2, -0.15) is 0 Å². The Kier molecular flexibility index (Phi) is 5.90. The van der Waals surface area contributed by atoms with Crippen LogP contribution in [0.25, 0.3) is 5.57 Å². The Labute approximate surface area is 163 Å². The van der Waals surface area contributed by atoms with E-state index >= 15 is 0 Å². The first kappa shape index (κ1) is 19.8. The van der Waals surface area contributed by atoms with E-state index in [1.54, 1.807) is 0 Å². The molecule has 5 nitrogen and oxygen atoms in total. The Balaban J connectivity index is 1.98. The molecular formula is C22H23FN2O3. The molecule has 0 saturated carbocycles. The Morgan fingerprint density at radius 1 is 1.00 bits per heavy atom. The van der Waals surface area contributed by atoms with Crippen LogP contribution in [-0.4, -0.2) is 37.0 Å². The highest BCUT2D eigenvalue weighted by Gasteiger charge is 2.38. The number of hydrogen-bond donors (Lipinski definition) is 1. The first-order valence-corrected chi connectivity index (χ1v) is 9.14. The van der Waals surface area contributed by atoms with Gasteiger partial charge >= 0.3 is 0 Å². The summed E-state index contributed by atoms with van der Waals surface area (Å²) >= 11 is 0. The van der Waals surface area contributed by atoms with Crippen molar-refractivity contribution in [3.63, 3.8) is 0 Å². The van der Waals surface area contributed by atoms with Gasteiger partial charge in [-0.05, 0) is 41.3 Å². The molecule has 0 radical (unpaired) electrons. The lowest BCUT2D eigenvalue weighted by molar-refractivity contribution is -0.137. The Hall–Kier alpha value is -2.99. The number of nitrogens with zero attached hydrogens (tertiary/aromatic N) is 1. The molecule has 146 valence electrons. The summed E-state index contributed by atoms with van der Waals surface area (Å²) in [4.78, 5) is 27.0. The summed E-state index contributed by atoms with van der Waals surface area (Å²) in [6, 6.07) is 13.3. The van der Waals surface area contributed by atoms with Gasteiger partial charge in [0.15, 0.2) is 0 Å². The summed E-state index contributed by atoms with van der Waals surface area (Å²) < 4.78 is 18.3. The van der Waals surface area contributed by atoms with Crippen molar-refractivity contribution < 1.29 is 18.7 Å². The summed E-state index contributed by atoms with van der Waals surface area (Å²) in [7, 11) is 1.51. The fourth-order valence-electron chi connectivity index (χ4n) is 3.06. The van der Waals surface area contributed by atoms with Crippen LogP contribution in [0, 0.1) is 5.82 Å². The van der Waals surface area contributed by atoms with Crippen LogP contribution < -0.4 is 5.32 Å². The van der Waals surface area contributed by atoms with Gasteiger partial charge in [-0.3, -0.25) is 14.5 Å². The minimum atomic E-state index is -0.422. The number of imide groups is 1. The summed E-state index contributed by atoms with van der Waals surface area (Å²) in [5.41, 5.74) is 2.78. The summed E-state index contributed by atoms with van der Waals surface area (Å²) in [6.45, 7) is 4.59. The minimum absolute atomic E-state index is 0.149. The van der Waals surface area contributed by atoms with Gasteiger partial charge in [0, 0.05) is 12.8 Å². The van der Waals surface area contributed by atoms with E-state index in [9.17, 15) is 14.0 Å². The maximum atomic E-state index is 13.3. The molecule has 3 rings (SSSR count). The average Bonchev–Trinajstić information content (AvgIpc) is 2.91. The lowest BCUT2D eigenvalue weighted by Crippen LogP contribution is -2.35. The van der Waals surface area contributed by atoms with Crippen LogP contribution in [0.4, 0.5) is 10.1 Å². The number of methoxy groups -OCH3 is 1. The molecule has 0 bridgehead atoms. The van der Waals surface area contributed by atoms with Crippen LogP contribution in [0.15, 0.2) is 54.2 Å². The molecule has 1 N–H and O–H groups in total. The van der Waals surface area contributed by atoms with E-state index in [1.165, 1.54) is 36.9 Å². The summed E-state index contributed by atoms with van der Waals surface area (Å²) in [6.07, 6.45) is 0. The number of carbonyl (C=O) groups excluding carboxylic acids is 2. The van der Waals surface area contributed by atoms with Gasteiger partial charge in [-0.1, -0.05) is 38.1 Å². The van der Waals surface area contributed by atoms with Gasteiger partial charge in [-0.25, -0.2) is 4.39 Å². The number of ether oxygens (including phenoxy) is 1. The van der Waals surface area contributed by atoms with Crippen molar-refractivity contribution in [2.75, 3.05) is 25.6 Å². The summed E-state index contributed by atoms with van der Waals surface area (Å²) in [5.74, 6) is -0.859. The van der Waals surface area contributed by atoms with Crippen molar-refractivity contribution in [1.29, 1.82) is 0 Å². The molecule has 1 heterocycles. The maximum absolute atomic E-state index is 13.3. The molecule has 0 atom stereocenters. The number of benzene rings is 2. The number of anilines is 1. The van der Waals surface area contributed by atoms with Crippen molar-refractivity contribution in [2.24, 2.45) is 0 Å². The number of halogens is 1. The standard InChI is InChI=1S/C22H23FN2O3/c1-14(2)15-6-10-18(11-7-15)24-20-19(16-4-8-17(23)9-5-16)21(26)25(22(20)27)12-13-28-3/h4-11,14,24H,12-13H2,1-3H3. The first-order valence-electron chi connectivity index (χ1n) is 9.14. The average molecular weight is 382 g/mol. The van der Waals surface area contributed by atoms with E-state index in [4.69, 9.17) is 4.74 Å².